The Morgan fingerprint density at radius 1 is 0.931 bits per heavy atom. The molecule has 0 unspecified atom stereocenters. The van der Waals surface area contributed by atoms with Crippen LogP contribution in [0.25, 0.3) is 0 Å². The average molecular weight is 419 g/mol. The van der Waals surface area contributed by atoms with Gasteiger partial charge in [0, 0.05) is 43.4 Å². The summed E-state index contributed by atoms with van der Waals surface area (Å²) in [5.74, 6) is -0.590. The molecular formula is C21H24ClFN4O2. The maximum Gasteiger partial charge on any atom is 0.238 e. The number of hydrogen-bond acceptors (Lipinski definition) is 4. The van der Waals surface area contributed by atoms with E-state index in [-0.39, 0.29) is 24.2 Å². The number of benzene rings is 2. The van der Waals surface area contributed by atoms with Crippen LogP contribution < -0.4 is 10.6 Å². The maximum absolute atomic E-state index is 13.2. The molecular weight excluding hydrogens is 395 g/mol. The van der Waals surface area contributed by atoms with E-state index >= 15 is 0 Å². The molecule has 0 radical (unpaired) electrons. The van der Waals surface area contributed by atoms with Gasteiger partial charge < -0.3 is 10.6 Å². The van der Waals surface area contributed by atoms with E-state index < -0.39 is 0 Å². The summed E-state index contributed by atoms with van der Waals surface area (Å²) >= 11 is 5.86. The highest BCUT2D eigenvalue weighted by molar-refractivity contribution is 6.30. The molecule has 0 bridgehead atoms. The van der Waals surface area contributed by atoms with Crippen LogP contribution in [-0.4, -0.2) is 60.9 Å². The Kier molecular flexibility index (Phi) is 7.57. The lowest BCUT2D eigenvalue weighted by atomic mass is 10.2. The van der Waals surface area contributed by atoms with Crippen LogP contribution in [0.15, 0.2) is 48.5 Å². The molecule has 3 rings (SSSR count). The number of carbonyl (C=O) groups is 2. The lowest BCUT2D eigenvalue weighted by molar-refractivity contribution is -0.123. The number of carbonyl (C=O) groups excluding carboxylic acids is 2. The van der Waals surface area contributed by atoms with Crippen LogP contribution in [0.5, 0.6) is 0 Å². The molecule has 8 heteroatoms. The Morgan fingerprint density at radius 3 is 2.17 bits per heavy atom. The minimum Gasteiger partial charge on any atom is -0.351 e. The van der Waals surface area contributed by atoms with Gasteiger partial charge in [-0.1, -0.05) is 29.8 Å². The van der Waals surface area contributed by atoms with Gasteiger partial charge in [-0.2, -0.15) is 0 Å². The van der Waals surface area contributed by atoms with E-state index in [2.05, 4.69) is 15.5 Å². The van der Waals surface area contributed by atoms with Gasteiger partial charge in [0.1, 0.15) is 5.82 Å². The second-order valence-corrected chi connectivity index (χ2v) is 7.45. The minimum atomic E-state index is -0.384. The first kappa shape index (κ1) is 21.2. The second-order valence-electron chi connectivity index (χ2n) is 7.01. The summed E-state index contributed by atoms with van der Waals surface area (Å²) in [4.78, 5) is 28.4. The normalized spacial score (nSPS) is 15.1. The smallest absolute Gasteiger partial charge is 0.238 e. The van der Waals surface area contributed by atoms with Crippen LogP contribution in [0.1, 0.15) is 5.56 Å². The fourth-order valence-corrected chi connectivity index (χ4v) is 3.26. The van der Waals surface area contributed by atoms with E-state index in [4.69, 9.17) is 11.6 Å². The SMILES string of the molecule is O=C(CN1CCN(CC(=O)Nc2cccc(F)c2)CC1)NCc1ccc(Cl)cc1. The Labute approximate surface area is 174 Å². The van der Waals surface area contributed by atoms with Crippen molar-refractivity contribution in [3.05, 3.63) is 64.9 Å². The summed E-state index contributed by atoms with van der Waals surface area (Å²) in [5.41, 5.74) is 1.45. The number of rotatable bonds is 7. The third kappa shape index (κ3) is 7.12. The molecule has 154 valence electrons. The summed E-state index contributed by atoms with van der Waals surface area (Å²) in [7, 11) is 0. The van der Waals surface area contributed by atoms with E-state index in [1.165, 1.54) is 12.1 Å². The van der Waals surface area contributed by atoms with Crippen molar-refractivity contribution in [3.63, 3.8) is 0 Å². The molecule has 0 spiro atoms. The van der Waals surface area contributed by atoms with Crippen LogP contribution >= 0.6 is 11.6 Å². The fourth-order valence-electron chi connectivity index (χ4n) is 3.14. The summed E-state index contributed by atoms with van der Waals surface area (Å²) in [6.07, 6.45) is 0. The van der Waals surface area contributed by atoms with Crippen LogP contribution in [0.4, 0.5) is 10.1 Å². The molecule has 1 heterocycles. The molecule has 1 aliphatic heterocycles. The number of amides is 2. The number of nitrogens with one attached hydrogen (secondary N) is 2. The number of hydrogen-bond donors (Lipinski definition) is 2. The van der Waals surface area contributed by atoms with Crippen molar-refractivity contribution in [1.29, 1.82) is 0 Å². The standard InChI is InChI=1S/C21H24ClFN4O2/c22-17-6-4-16(5-7-17)13-24-20(28)14-26-8-10-27(11-9-26)15-21(29)25-19-3-1-2-18(23)12-19/h1-7,12H,8-11,13-15H2,(H,24,28)(H,25,29). The van der Waals surface area contributed by atoms with Gasteiger partial charge in [0.05, 0.1) is 13.1 Å². The second kappa shape index (κ2) is 10.3. The topological polar surface area (TPSA) is 64.7 Å². The van der Waals surface area contributed by atoms with Crippen molar-refractivity contribution in [1.82, 2.24) is 15.1 Å². The Morgan fingerprint density at radius 2 is 1.55 bits per heavy atom. The molecule has 6 nitrogen and oxygen atoms in total. The molecule has 1 saturated heterocycles. The van der Waals surface area contributed by atoms with Gasteiger partial charge in [-0.25, -0.2) is 4.39 Å². The van der Waals surface area contributed by atoms with Crippen molar-refractivity contribution in [2.24, 2.45) is 0 Å². The highest BCUT2D eigenvalue weighted by Crippen LogP contribution is 2.10. The van der Waals surface area contributed by atoms with Crippen LogP contribution in [0.2, 0.25) is 5.02 Å². The minimum absolute atomic E-state index is 0.0303. The molecule has 0 aromatic heterocycles. The van der Waals surface area contributed by atoms with E-state index in [9.17, 15) is 14.0 Å². The van der Waals surface area contributed by atoms with Crippen LogP contribution in [0, 0.1) is 5.82 Å². The van der Waals surface area contributed by atoms with E-state index in [1.54, 1.807) is 24.3 Å². The first-order chi connectivity index (χ1) is 14.0. The molecule has 1 aliphatic rings. The Balaban J connectivity index is 1.34. The molecule has 0 saturated carbocycles. The average Bonchev–Trinajstić information content (AvgIpc) is 2.69. The molecule has 29 heavy (non-hydrogen) atoms. The maximum atomic E-state index is 13.2. The lowest BCUT2D eigenvalue weighted by Gasteiger charge is -2.33. The molecule has 1 fully saturated rings. The van der Waals surface area contributed by atoms with Gasteiger partial charge >= 0.3 is 0 Å². The summed E-state index contributed by atoms with van der Waals surface area (Å²) in [6, 6.07) is 13.2. The predicted molar refractivity (Wildman–Crippen MR) is 111 cm³/mol. The Hall–Kier alpha value is -2.48. The number of nitrogens with zero attached hydrogens (tertiary/aromatic N) is 2. The summed E-state index contributed by atoms with van der Waals surface area (Å²) < 4.78 is 13.2. The van der Waals surface area contributed by atoms with Gasteiger partial charge in [-0.3, -0.25) is 19.4 Å². The lowest BCUT2D eigenvalue weighted by Crippen LogP contribution is -2.50. The zero-order chi connectivity index (χ0) is 20.6. The first-order valence-corrected chi connectivity index (χ1v) is 9.87. The summed E-state index contributed by atoms with van der Waals surface area (Å²) in [5, 5.41) is 6.28. The van der Waals surface area contributed by atoms with Gasteiger partial charge in [0.2, 0.25) is 11.8 Å². The number of anilines is 1. The van der Waals surface area contributed by atoms with Crippen molar-refractivity contribution >= 4 is 29.1 Å². The molecule has 0 aliphatic carbocycles. The van der Waals surface area contributed by atoms with E-state index in [0.717, 1.165) is 5.56 Å². The van der Waals surface area contributed by atoms with Gasteiger partial charge in [0.25, 0.3) is 0 Å². The van der Waals surface area contributed by atoms with Crippen molar-refractivity contribution < 1.29 is 14.0 Å². The zero-order valence-electron chi connectivity index (χ0n) is 16.0. The van der Waals surface area contributed by atoms with Gasteiger partial charge in [-0.05, 0) is 35.9 Å². The molecule has 2 aromatic rings. The predicted octanol–water partition coefficient (Wildman–Crippen LogP) is 2.35. The van der Waals surface area contributed by atoms with Crippen LogP contribution in [-0.2, 0) is 16.1 Å². The van der Waals surface area contributed by atoms with Gasteiger partial charge in [0.15, 0.2) is 0 Å². The van der Waals surface area contributed by atoms with Crippen LogP contribution in [0.3, 0.4) is 0 Å². The number of piperazine rings is 1. The van der Waals surface area contributed by atoms with E-state index in [1.807, 2.05) is 17.0 Å². The fraction of sp³-hybridized carbons (Fsp3) is 0.333. The number of halogens is 2. The van der Waals surface area contributed by atoms with Gasteiger partial charge in [-0.15, -0.1) is 0 Å². The molecule has 2 aromatic carbocycles. The third-order valence-corrected chi connectivity index (χ3v) is 4.96. The monoisotopic (exact) mass is 418 g/mol. The summed E-state index contributed by atoms with van der Waals surface area (Å²) in [6.45, 7) is 3.85. The van der Waals surface area contributed by atoms with Crippen molar-refractivity contribution in [3.8, 4) is 0 Å². The van der Waals surface area contributed by atoms with Crippen molar-refractivity contribution in [2.75, 3.05) is 44.6 Å². The largest absolute Gasteiger partial charge is 0.351 e. The highest BCUT2D eigenvalue weighted by Gasteiger charge is 2.20. The first-order valence-electron chi connectivity index (χ1n) is 9.49. The molecule has 0 atom stereocenters. The van der Waals surface area contributed by atoms with Crippen molar-refractivity contribution in [2.45, 2.75) is 6.54 Å². The molecule has 2 N–H and O–H groups in total. The Bertz CT molecular complexity index is 839. The van der Waals surface area contributed by atoms with E-state index in [0.29, 0.717) is 50.0 Å². The zero-order valence-corrected chi connectivity index (χ0v) is 16.8. The molecule has 2 amide bonds. The highest BCUT2D eigenvalue weighted by atomic mass is 35.5. The third-order valence-electron chi connectivity index (χ3n) is 4.71. The quantitative estimate of drug-likeness (QED) is 0.724.